The molecule has 114 valence electrons. The second-order valence-electron chi connectivity index (χ2n) is 4.60. The molecule has 3 N–H and O–H groups in total. The molecular formula is C16H15BrN2O3. The van der Waals surface area contributed by atoms with Gasteiger partial charge in [-0.15, -0.1) is 0 Å². The van der Waals surface area contributed by atoms with Crippen LogP contribution in [0.15, 0.2) is 53.0 Å². The molecule has 2 aromatic rings. The van der Waals surface area contributed by atoms with Crippen molar-refractivity contribution in [3.63, 3.8) is 0 Å². The van der Waals surface area contributed by atoms with Crippen LogP contribution < -0.4 is 10.6 Å². The number of carbonyl (C=O) groups excluding carboxylic acids is 2. The monoisotopic (exact) mass is 362 g/mol. The van der Waals surface area contributed by atoms with Gasteiger partial charge in [0.25, 0.3) is 5.91 Å². The Morgan fingerprint density at radius 2 is 1.82 bits per heavy atom. The van der Waals surface area contributed by atoms with Crippen molar-refractivity contribution in [3.8, 4) is 0 Å². The zero-order chi connectivity index (χ0) is 15.9. The second kappa shape index (κ2) is 7.72. The Morgan fingerprint density at radius 1 is 1.09 bits per heavy atom. The SMILES string of the molecule is O=C(CNC(=O)c1ccc(Br)cc1)Nc1cccc(CO)c1. The first-order valence-corrected chi connectivity index (χ1v) is 7.41. The van der Waals surface area contributed by atoms with E-state index in [2.05, 4.69) is 26.6 Å². The van der Waals surface area contributed by atoms with Crippen LogP contribution in [0.4, 0.5) is 5.69 Å². The summed E-state index contributed by atoms with van der Waals surface area (Å²) in [4.78, 5) is 23.7. The topological polar surface area (TPSA) is 78.4 Å². The Labute approximate surface area is 136 Å². The Hall–Kier alpha value is -2.18. The Bertz CT molecular complexity index is 671. The van der Waals surface area contributed by atoms with E-state index in [-0.39, 0.29) is 25.0 Å². The number of hydrogen-bond acceptors (Lipinski definition) is 3. The van der Waals surface area contributed by atoms with Crippen molar-refractivity contribution in [1.82, 2.24) is 5.32 Å². The van der Waals surface area contributed by atoms with E-state index in [1.807, 2.05) is 0 Å². The lowest BCUT2D eigenvalue weighted by Crippen LogP contribution is -2.32. The molecule has 0 atom stereocenters. The first kappa shape index (κ1) is 16.2. The summed E-state index contributed by atoms with van der Waals surface area (Å²) in [5.74, 6) is -0.646. The van der Waals surface area contributed by atoms with Crippen LogP contribution >= 0.6 is 15.9 Å². The molecule has 2 aromatic carbocycles. The van der Waals surface area contributed by atoms with Crippen molar-refractivity contribution >= 4 is 33.4 Å². The van der Waals surface area contributed by atoms with E-state index in [1.54, 1.807) is 48.5 Å². The predicted molar refractivity (Wildman–Crippen MR) is 87.5 cm³/mol. The number of nitrogens with one attached hydrogen (secondary N) is 2. The highest BCUT2D eigenvalue weighted by atomic mass is 79.9. The van der Waals surface area contributed by atoms with Gasteiger partial charge in [-0.3, -0.25) is 9.59 Å². The lowest BCUT2D eigenvalue weighted by Gasteiger charge is -2.08. The minimum atomic E-state index is -0.333. The predicted octanol–water partition coefficient (Wildman–Crippen LogP) is 2.31. The van der Waals surface area contributed by atoms with Crippen molar-refractivity contribution in [1.29, 1.82) is 0 Å². The maximum Gasteiger partial charge on any atom is 0.251 e. The minimum absolute atomic E-state index is 0.0932. The molecular weight excluding hydrogens is 348 g/mol. The minimum Gasteiger partial charge on any atom is -0.392 e. The van der Waals surface area contributed by atoms with E-state index in [1.165, 1.54) is 0 Å². The number of amides is 2. The average Bonchev–Trinajstić information content (AvgIpc) is 2.53. The van der Waals surface area contributed by atoms with Gasteiger partial charge in [0.1, 0.15) is 0 Å². The molecule has 0 aliphatic carbocycles. The number of hydrogen-bond donors (Lipinski definition) is 3. The summed E-state index contributed by atoms with van der Waals surface area (Å²) in [7, 11) is 0. The van der Waals surface area contributed by atoms with Crippen LogP contribution in [-0.2, 0) is 11.4 Å². The number of rotatable bonds is 5. The highest BCUT2D eigenvalue weighted by molar-refractivity contribution is 9.10. The standard InChI is InChI=1S/C16H15BrN2O3/c17-13-6-4-12(5-7-13)16(22)18-9-15(21)19-14-3-1-2-11(8-14)10-20/h1-8,20H,9-10H2,(H,18,22)(H,19,21). The highest BCUT2D eigenvalue weighted by Crippen LogP contribution is 2.11. The van der Waals surface area contributed by atoms with Gasteiger partial charge in [0.15, 0.2) is 0 Å². The summed E-state index contributed by atoms with van der Waals surface area (Å²) < 4.78 is 0.880. The second-order valence-corrected chi connectivity index (χ2v) is 5.51. The lowest BCUT2D eigenvalue weighted by molar-refractivity contribution is -0.115. The summed E-state index contributed by atoms with van der Waals surface area (Å²) in [5, 5.41) is 14.3. The van der Waals surface area contributed by atoms with Gasteiger partial charge >= 0.3 is 0 Å². The van der Waals surface area contributed by atoms with Gasteiger partial charge in [0.05, 0.1) is 13.2 Å². The lowest BCUT2D eigenvalue weighted by atomic mass is 10.2. The maximum absolute atomic E-state index is 11.9. The van der Waals surface area contributed by atoms with E-state index >= 15 is 0 Å². The van der Waals surface area contributed by atoms with Crippen LogP contribution in [0.5, 0.6) is 0 Å². The molecule has 0 aliphatic rings. The molecule has 2 amide bonds. The number of aliphatic hydroxyl groups excluding tert-OH is 1. The number of aliphatic hydroxyl groups is 1. The van der Waals surface area contributed by atoms with Crippen LogP contribution in [0.25, 0.3) is 0 Å². The Balaban J connectivity index is 1.87. The molecule has 0 aliphatic heterocycles. The van der Waals surface area contributed by atoms with Gasteiger partial charge in [0.2, 0.25) is 5.91 Å². The largest absolute Gasteiger partial charge is 0.392 e. The Kier molecular flexibility index (Phi) is 5.68. The third-order valence-corrected chi connectivity index (χ3v) is 3.44. The van der Waals surface area contributed by atoms with Gasteiger partial charge in [-0.05, 0) is 42.0 Å². The van der Waals surface area contributed by atoms with Crippen molar-refractivity contribution in [2.45, 2.75) is 6.61 Å². The molecule has 0 saturated heterocycles. The molecule has 5 nitrogen and oxygen atoms in total. The first-order valence-electron chi connectivity index (χ1n) is 6.62. The fourth-order valence-corrected chi connectivity index (χ4v) is 2.08. The van der Waals surface area contributed by atoms with E-state index in [0.717, 1.165) is 4.47 Å². The van der Waals surface area contributed by atoms with E-state index in [0.29, 0.717) is 16.8 Å². The van der Waals surface area contributed by atoms with Crippen LogP contribution in [0, 0.1) is 0 Å². The number of carbonyl (C=O) groups is 2. The zero-order valence-electron chi connectivity index (χ0n) is 11.7. The van der Waals surface area contributed by atoms with Gasteiger partial charge in [-0.25, -0.2) is 0 Å². The Morgan fingerprint density at radius 3 is 2.50 bits per heavy atom. The van der Waals surface area contributed by atoms with Crippen LogP contribution in [0.3, 0.4) is 0 Å². The fraction of sp³-hybridized carbons (Fsp3) is 0.125. The molecule has 22 heavy (non-hydrogen) atoms. The van der Waals surface area contributed by atoms with Crippen LogP contribution in [0.2, 0.25) is 0 Å². The van der Waals surface area contributed by atoms with Gasteiger partial charge in [-0.2, -0.15) is 0 Å². The summed E-state index contributed by atoms with van der Waals surface area (Å²) in [6.45, 7) is -0.220. The maximum atomic E-state index is 11.9. The van der Waals surface area contributed by atoms with Gasteiger partial charge in [-0.1, -0.05) is 28.1 Å². The highest BCUT2D eigenvalue weighted by Gasteiger charge is 2.08. The smallest absolute Gasteiger partial charge is 0.251 e. The van der Waals surface area contributed by atoms with E-state index < -0.39 is 0 Å². The normalized spacial score (nSPS) is 10.1. The quantitative estimate of drug-likeness (QED) is 0.763. The summed E-state index contributed by atoms with van der Waals surface area (Å²) in [6.07, 6.45) is 0. The molecule has 0 aromatic heterocycles. The number of benzene rings is 2. The first-order chi connectivity index (χ1) is 10.6. The number of anilines is 1. The van der Waals surface area contributed by atoms with Gasteiger partial charge in [0, 0.05) is 15.7 Å². The third kappa shape index (κ3) is 4.68. The van der Waals surface area contributed by atoms with Gasteiger partial charge < -0.3 is 15.7 Å². The molecule has 2 rings (SSSR count). The molecule has 0 unspecified atom stereocenters. The molecule has 0 heterocycles. The summed E-state index contributed by atoms with van der Waals surface area (Å²) >= 11 is 3.29. The van der Waals surface area contributed by atoms with Crippen LogP contribution in [-0.4, -0.2) is 23.5 Å². The third-order valence-electron chi connectivity index (χ3n) is 2.91. The molecule has 0 fully saturated rings. The zero-order valence-corrected chi connectivity index (χ0v) is 13.3. The van der Waals surface area contributed by atoms with E-state index in [9.17, 15) is 9.59 Å². The summed E-state index contributed by atoms with van der Waals surface area (Å²) in [6, 6.07) is 13.7. The summed E-state index contributed by atoms with van der Waals surface area (Å²) in [5.41, 5.74) is 1.77. The molecule has 0 saturated carbocycles. The molecule has 0 spiro atoms. The number of halogens is 1. The van der Waals surface area contributed by atoms with Crippen molar-refractivity contribution in [2.75, 3.05) is 11.9 Å². The van der Waals surface area contributed by atoms with Crippen molar-refractivity contribution in [3.05, 3.63) is 64.1 Å². The fourth-order valence-electron chi connectivity index (χ4n) is 1.82. The molecule has 0 radical (unpaired) electrons. The average molecular weight is 363 g/mol. The molecule has 6 heteroatoms. The molecule has 0 bridgehead atoms. The van der Waals surface area contributed by atoms with Crippen molar-refractivity contribution < 1.29 is 14.7 Å². The van der Waals surface area contributed by atoms with Crippen LogP contribution in [0.1, 0.15) is 15.9 Å². The van der Waals surface area contributed by atoms with E-state index in [4.69, 9.17) is 5.11 Å². The van der Waals surface area contributed by atoms with Crippen molar-refractivity contribution in [2.24, 2.45) is 0 Å².